The van der Waals surface area contributed by atoms with E-state index < -0.39 is 0 Å². The number of amides is 1. The van der Waals surface area contributed by atoms with Gasteiger partial charge in [-0.2, -0.15) is 0 Å². The maximum absolute atomic E-state index is 12.4. The second-order valence-electron chi connectivity index (χ2n) is 6.97. The van der Waals surface area contributed by atoms with Crippen molar-refractivity contribution in [2.45, 2.75) is 52.1 Å². The molecule has 144 valence electrons. The van der Waals surface area contributed by atoms with Gasteiger partial charge in [0, 0.05) is 13.1 Å². The maximum atomic E-state index is 12.4. The zero-order valence-electron chi connectivity index (χ0n) is 16.3. The molecule has 0 aromatic heterocycles. The second kappa shape index (κ2) is 11.0. The van der Waals surface area contributed by atoms with Gasteiger partial charge in [0.05, 0.1) is 13.2 Å². The molecule has 0 bridgehead atoms. The zero-order chi connectivity index (χ0) is 18.8. The van der Waals surface area contributed by atoms with Crippen LogP contribution in [-0.4, -0.2) is 43.2 Å². The summed E-state index contributed by atoms with van der Waals surface area (Å²) in [6.07, 6.45) is 6.69. The van der Waals surface area contributed by atoms with Gasteiger partial charge in [0.15, 0.2) is 0 Å². The Morgan fingerprint density at radius 1 is 1.31 bits per heavy atom. The monoisotopic (exact) mass is 359 g/mol. The first-order valence-electron chi connectivity index (χ1n) is 9.87. The van der Waals surface area contributed by atoms with Crippen molar-refractivity contribution in [2.24, 2.45) is 5.92 Å². The van der Waals surface area contributed by atoms with Gasteiger partial charge in [-0.25, -0.2) is 0 Å². The summed E-state index contributed by atoms with van der Waals surface area (Å²) < 4.78 is 11.1. The Balaban J connectivity index is 1.69. The Hall–Kier alpha value is -1.81. The number of piperidine rings is 1. The standard InChI is InChI=1S/C22H33NO3/c1-4-6-17-26-18(3)22(24)23-15-13-20(14-16-23)8-7-19-9-11-21(12-10-19)25-5-2/h4,9-12,18,20H,1,5-8,13-17H2,2-3H3. The number of aryl methyl sites for hydroxylation is 1. The zero-order valence-corrected chi connectivity index (χ0v) is 16.3. The summed E-state index contributed by atoms with van der Waals surface area (Å²) in [5.41, 5.74) is 1.36. The molecule has 1 atom stereocenters. The van der Waals surface area contributed by atoms with Gasteiger partial charge in [-0.3, -0.25) is 4.79 Å². The van der Waals surface area contributed by atoms with Crippen molar-refractivity contribution in [3.63, 3.8) is 0 Å². The molecule has 1 saturated heterocycles. The molecule has 1 unspecified atom stereocenters. The van der Waals surface area contributed by atoms with Gasteiger partial charge in [0.2, 0.25) is 0 Å². The van der Waals surface area contributed by atoms with Crippen LogP contribution in [0.4, 0.5) is 0 Å². The largest absolute Gasteiger partial charge is 0.494 e. The average Bonchev–Trinajstić information content (AvgIpc) is 2.67. The number of ether oxygens (including phenoxy) is 2. The minimum atomic E-state index is -0.352. The lowest BCUT2D eigenvalue weighted by molar-refractivity contribution is -0.144. The summed E-state index contributed by atoms with van der Waals surface area (Å²) in [4.78, 5) is 14.4. The molecule has 1 aliphatic rings. The predicted molar refractivity (Wildman–Crippen MR) is 105 cm³/mol. The molecule has 0 spiro atoms. The first kappa shape index (κ1) is 20.5. The van der Waals surface area contributed by atoms with Crippen LogP contribution >= 0.6 is 0 Å². The minimum Gasteiger partial charge on any atom is -0.494 e. The topological polar surface area (TPSA) is 38.8 Å². The first-order valence-corrected chi connectivity index (χ1v) is 9.87. The van der Waals surface area contributed by atoms with Crippen molar-refractivity contribution in [3.05, 3.63) is 42.5 Å². The summed E-state index contributed by atoms with van der Waals surface area (Å²) >= 11 is 0. The summed E-state index contributed by atoms with van der Waals surface area (Å²) in [7, 11) is 0. The van der Waals surface area contributed by atoms with Gasteiger partial charge in [-0.15, -0.1) is 6.58 Å². The molecule has 1 heterocycles. The van der Waals surface area contributed by atoms with Crippen LogP contribution in [0.1, 0.15) is 45.1 Å². The molecule has 4 heteroatoms. The Labute approximate surface area is 158 Å². The van der Waals surface area contributed by atoms with E-state index in [1.165, 1.54) is 12.0 Å². The van der Waals surface area contributed by atoms with Crippen molar-refractivity contribution in [1.82, 2.24) is 4.90 Å². The Morgan fingerprint density at radius 2 is 2.00 bits per heavy atom. The fourth-order valence-corrected chi connectivity index (χ4v) is 3.39. The van der Waals surface area contributed by atoms with Crippen molar-refractivity contribution < 1.29 is 14.3 Å². The third-order valence-corrected chi connectivity index (χ3v) is 5.04. The summed E-state index contributed by atoms with van der Waals surface area (Å²) in [5.74, 6) is 1.76. The Morgan fingerprint density at radius 3 is 2.62 bits per heavy atom. The lowest BCUT2D eigenvalue weighted by Gasteiger charge is -2.33. The third kappa shape index (κ3) is 6.49. The fourth-order valence-electron chi connectivity index (χ4n) is 3.39. The van der Waals surface area contributed by atoms with E-state index in [1.807, 2.05) is 37.0 Å². The van der Waals surface area contributed by atoms with E-state index in [4.69, 9.17) is 9.47 Å². The van der Waals surface area contributed by atoms with E-state index in [0.717, 1.165) is 44.5 Å². The molecule has 26 heavy (non-hydrogen) atoms. The molecule has 1 aromatic carbocycles. The molecule has 0 N–H and O–H groups in total. The molecule has 1 aliphatic heterocycles. The Kier molecular flexibility index (Phi) is 8.69. The second-order valence-corrected chi connectivity index (χ2v) is 6.97. The van der Waals surface area contributed by atoms with Crippen LogP contribution in [0.3, 0.4) is 0 Å². The number of benzene rings is 1. The highest BCUT2D eigenvalue weighted by atomic mass is 16.5. The molecule has 0 saturated carbocycles. The van der Waals surface area contributed by atoms with Crippen LogP contribution in [0.15, 0.2) is 36.9 Å². The van der Waals surface area contributed by atoms with E-state index in [1.54, 1.807) is 0 Å². The number of likely N-dealkylation sites (tertiary alicyclic amines) is 1. The van der Waals surface area contributed by atoms with Crippen LogP contribution < -0.4 is 4.74 Å². The predicted octanol–water partition coefficient (Wildman–Crippen LogP) is 4.24. The van der Waals surface area contributed by atoms with Gasteiger partial charge < -0.3 is 14.4 Å². The van der Waals surface area contributed by atoms with Crippen molar-refractivity contribution in [1.29, 1.82) is 0 Å². The average molecular weight is 360 g/mol. The van der Waals surface area contributed by atoms with Gasteiger partial charge in [-0.05, 0) is 69.6 Å². The molecular weight excluding hydrogens is 326 g/mol. The number of hydrogen-bond acceptors (Lipinski definition) is 3. The van der Waals surface area contributed by atoms with Crippen LogP contribution in [0, 0.1) is 5.92 Å². The van der Waals surface area contributed by atoms with Crippen molar-refractivity contribution in [2.75, 3.05) is 26.3 Å². The SMILES string of the molecule is C=CCCOC(C)C(=O)N1CCC(CCc2ccc(OCC)cc2)CC1. The van der Waals surface area contributed by atoms with Gasteiger partial charge >= 0.3 is 0 Å². The minimum absolute atomic E-state index is 0.124. The highest BCUT2D eigenvalue weighted by molar-refractivity contribution is 5.80. The molecule has 0 aliphatic carbocycles. The molecule has 1 fully saturated rings. The van der Waals surface area contributed by atoms with E-state index >= 15 is 0 Å². The normalized spacial score (nSPS) is 16.3. The van der Waals surface area contributed by atoms with E-state index in [2.05, 4.69) is 18.7 Å². The highest BCUT2D eigenvalue weighted by Gasteiger charge is 2.26. The van der Waals surface area contributed by atoms with Gasteiger partial charge in [0.25, 0.3) is 5.91 Å². The first-order chi connectivity index (χ1) is 12.6. The van der Waals surface area contributed by atoms with E-state index in [9.17, 15) is 4.79 Å². The van der Waals surface area contributed by atoms with Crippen LogP contribution in [0.5, 0.6) is 5.75 Å². The molecule has 1 amide bonds. The number of hydrogen-bond donors (Lipinski definition) is 0. The number of carbonyl (C=O) groups excluding carboxylic acids is 1. The lowest BCUT2D eigenvalue weighted by Crippen LogP contribution is -2.44. The number of nitrogens with zero attached hydrogens (tertiary/aromatic N) is 1. The van der Waals surface area contributed by atoms with E-state index in [-0.39, 0.29) is 12.0 Å². The lowest BCUT2D eigenvalue weighted by atomic mass is 9.90. The molecule has 4 nitrogen and oxygen atoms in total. The van der Waals surface area contributed by atoms with Crippen molar-refractivity contribution in [3.8, 4) is 5.75 Å². The summed E-state index contributed by atoms with van der Waals surface area (Å²) in [6.45, 7) is 10.5. The van der Waals surface area contributed by atoms with Gasteiger partial charge in [0.1, 0.15) is 11.9 Å². The molecular formula is C22H33NO3. The summed E-state index contributed by atoms with van der Waals surface area (Å²) in [5, 5.41) is 0. The van der Waals surface area contributed by atoms with Crippen LogP contribution in [0.25, 0.3) is 0 Å². The third-order valence-electron chi connectivity index (χ3n) is 5.04. The fraction of sp³-hybridized carbons (Fsp3) is 0.591. The molecule has 1 aromatic rings. The van der Waals surface area contributed by atoms with Crippen LogP contribution in [0.2, 0.25) is 0 Å². The van der Waals surface area contributed by atoms with Crippen molar-refractivity contribution >= 4 is 5.91 Å². The quantitative estimate of drug-likeness (QED) is 0.463. The summed E-state index contributed by atoms with van der Waals surface area (Å²) in [6, 6.07) is 8.42. The van der Waals surface area contributed by atoms with Gasteiger partial charge in [-0.1, -0.05) is 18.2 Å². The number of carbonyl (C=O) groups is 1. The highest BCUT2D eigenvalue weighted by Crippen LogP contribution is 2.24. The van der Waals surface area contributed by atoms with Crippen LogP contribution in [-0.2, 0) is 16.0 Å². The number of rotatable bonds is 10. The molecule has 0 radical (unpaired) electrons. The molecule has 2 rings (SSSR count). The maximum Gasteiger partial charge on any atom is 0.251 e. The Bertz CT molecular complexity index is 547. The smallest absolute Gasteiger partial charge is 0.251 e. The van der Waals surface area contributed by atoms with E-state index in [0.29, 0.717) is 19.1 Å².